The van der Waals surface area contributed by atoms with Gasteiger partial charge in [-0.3, -0.25) is 9.59 Å². The van der Waals surface area contributed by atoms with Gasteiger partial charge in [-0.1, -0.05) is 17.7 Å². The third kappa shape index (κ3) is 5.15. The molecule has 0 aromatic heterocycles. The molecule has 2 N–H and O–H groups in total. The van der Waals surface area contributed by atoms with E-state index in [1.807, 2.05) is 0 Å². The molecule has 1 heterocycles. The van der Waals surface area contributed by atoms with Crippen LogP contribution in [0.2, 0.25) is 5.02 Å². The van der Waals surface area contributed by atoms with Gasteiger partial charge in [-0.15, -0.1) is 0 Å². The number of rotatable bonds is 5. The average molecular weight is 442 g/mol. The second kappa shape index (κ2) is 8.83. The van der Waals surface area contributed by atoms with Gasteiger partial charge >= 0.3 is 6.18 Å². The summed E-state index contributed by atoms with van der Waals surface area (Å²) in [5.41, 5.74) is 5.12. The van der Waals surface area contributed by atoms with Gasteiger partial charge in [0.2, 0.25) is 0 Å². The summed E-state index contributed by atoms with van der Waals surface area (Å²) in [4.78, 5) is 27.3. The van der Waals surface area contributed by atoms with Crippen LogP contribution in [0.1, 0.15) is 15.9 Å². The molecule has 2 aromatic rings. The van der Waals surface area contributed by atoms with Gasteiger partial charge in [-0.25, -0.2) is 0 Å². The fraction of sp³-hybridized carbons (Fsp3) is 0.300. The number of piperazine rings is 1. The minimum atomic E-state index is -4.41. The molecular formula is C20H19ClF3N3O3. The Bertz CT molecular complexity index is 944. The summed E-state index contributed by atoms with van der Waals surface area (Å²) in [6, 6.07) is 9.44. The predicted octanol–water partition coefficient (Wildman–Crippen LogP) is 3.19. The van der Waals surface area contributed by atoms with Crippen LogP contribution in [-0.4, -0.2) is 49.5 Å². The third-order valence-electron chi connectivity index (χ3n) is 4.73. The Morgan fingerprint density at radius 1 is 1.07 bits per heavy atom. The summed E-state index contributed by atoms with van der Waals surface area (Å²) >= 11 is 5.84. The summed E-state index contributed by atoms with van der Waals surface area (Å²) in [7, 11) is 0. The van der Waals surface area contributed by atoms with Gasteiger partial charge < -0.3 is 20.3 Å². The van der Waals surface area contributed by atoms with E-state index >= 15 is 0 Å². The Kier molecular flexibility index (Phi) is 6.40. The molecule has 6 nitrogen and oxygen atoms in total. The normalized spacial score (nSPS) is 14.5. The van der Waals surface area contributed by atoms with E-state index < -0.39 is 17.6 Å². The molecule has 0 bridgehead atoms. The number of nitrogens with zero attached hydrogens (tertiary/aromatic N) is 2. The Balaban J connectivity index is 1.57. The zero-order valence-corrected chi connectivity index (χ0v) is 16.5. The van der Waals surface area contributed by atoms with Crippen LogP contribution in [0, 0.1) is 0 Å². The van der Waals surface area contributed by atoms with Gasteiger partial charge in [0.05, 0.1) is 11.1 Å². The smallest absolute Gasteiger partial charge is 0.416 e. The molecular weight excluding hydrogens is 423 g/mol. The Labute approximate surface area is 175 Å². The number of amides is 2. The van der Waals surface area contributed by atoms with E-state index in [1.54, 1.807) is 15.9 Å². The summed E-state index contributed by atoms with van der Waals surface area (Å²) in [6.45, 7) is 1.15. The highest BCUT2D eigenvalue weighted by Gasteiger charge is 2.31. The number of alkyl halides is 3. The summed E-state index contributed by atoms with van der Waals surface area (Å²) in [6.07, 6.45) is -4.41. The molecule has 0 saturated carbocycles. The lowest BCUT2D eigenvalue weighted by Gasteiger charge is -2.36. The quantitative estimate of drug-likeness (QED) is 0.773. The standard InChI is InChI=1S/C20H19ClF3N3O3/c21-14-4-5-17(16(11-14)19(25)29)30-12-18(28)27-8-6-26(7-9-27)15-3-1-2-13(10-15)20(22,23)24/h1-5,10-11H,6-9,12H2,(H2,25,29). The maximum Gasteiger partial charge on any atom is 0.416 e. The highest BCUT2D eigenvalue weighted by atomic mass is 35.5. The molecule has 30 heavy (non-hydrogen) atoms. The number of primary amides is 1. The van der Waals surface area contributed by atoms with Crippen LogP contribution in [-0.2, 0) is 11.0 Å². The second-order valence-electron chi connectivity index (χ2n) is 6.71. The Hall–Kier alpha value is -2.94. The molecule has 160 valence electrons. The second-order valence-corrected chi connectivity index (χ2v) is 7.15. The van der Waals surface area contributed by atoms with Crippen LogP contribution in [0.15, 0.2) is 42.5 Å². The summed E-state index contributed by atoms with van der Waals surface area (Å²) < 4.78 is 44.2. The molecule has 10 heteroatoms. The number of ether oxygens (including phenoxy) is 1. The minimum absolute atomic E-state index is 0.0738. The maximum absolute atomic E-state index is 12.9. The number of benzene rings is 2. The van der Waals surface area contributed by atoms with E-state index in [4.69, 9.17) is 22.1 Å². The number of carbonyl (C=O) groups excluding carboxylic acids is 2. The van der Waals surface area contributed by atoms with Crippen molar-refractivity contribution in [3.05, 3.63) is 58.6 Å². The number of nitrogens with two attached hydrogens (primary N) is 1. The molecule has 0 spiro atoms. The van der Waals surface area contributed by atoms with E-state index in [0.29, 0.717) is 36.9 Å². The van der Waals surface area contributed by atoms with Crippen molar-refractivity contribution >= 4 is 29.1 Å². The molecule has 1 aliphatic rings. The van der Waals surface area contributed by atoms with Crippen molar-refractivity contribution in [1.82, 2.24) is 4.90 Å². The highest BCUT2D eigenvalue weighted by molar-refractivity contribution is 6.31. The largest absolute Gasteiger partial charge is 0.483 e. The molecule has 0 radical (unpaired) electrons. The number of anilines is 1. The van der Waals surface area contributed by atoms with Crippen molar-refractivity contribution < 1.29 is 27.5 Å². The first kappa shape index (κ1) is 21.8. The fourth-order valence-corrected chi connectivity index (χ4v) is 3.32. The summed E-state index contributed by atoms with van der Waals surface area (Å²) in [5.74, 6) is -0.874. The van der Waals surface area contributed by atoms with Gasteiger partial charge in [0, 0.05) is 36.9 Å². The first-order chi connectivity index (χ1) is 14.1. The van der Waals surface area contributed by atoms with Crippen molar-refractivity contribution in [3.63, 3.8) is 0 Å². The first-order valence-electron chi connectivity index (χ1n) is 9.07. The van der Waals surface area contributed by atoms with Crippen molar-refractivity contribution in [2.75, 3.05) is 37.7 Å². The Morgan fingerprint density at radius 3 is 2.40 bits per heavy atom. The molecule has 0 atom stereocenters. The average Bonchev–Trinajstić information content (AvgIpc) is 2.72. The van der Waals surface area contributed by atoms with Crippen LogP contribution in [0.4, 0.5) is 18.9 Å². The van der Waals surface area contributed by atoms with Crippen LogP contribution in [0.5, 0.6) is 5.75 Å². The highest BCUT2D eigenvalue weighted by Crippen LogP contribution is 2.32. The summed E-state index contributed by atoms with van der Waals surface area (Å²) in [5, 5.41) is 0.313. The monoisotopic (exact) mass is 441 g/mol. The molecule has 1 saturated heterocycles. The SMILES string of the molecule is NC(=O)c1cc(Cl)ccc1OCC(=O)N1CCN(c2cccc(C(F)(F)F)c2)CC1. The Morgan fingerprint density at radius 2 is 1.77 bits per heavy atom. The van der Waals surface area contributed by atoms with Crippen molar-refractivity contribution in [2.45, 2.75) is 6.18 Å². The lowest BCUT2D eigenvalue weighted by molar-refractivity contribution is -0.137. The van der Waals surface area contributed by atoms with Crippen molar-refractivity contribution in [3.8, 4) is 5.75 Å². The van der Waals surface area contributed by atoms with Crippen molar-refractivity contribution in [1.29, 1.82) is 0 Å². The fourth-order valence-electron chi connectivity index (χ4n) is 3.14. The number of carbonyl (C=O) groups is 2. The van der Waals surface area contributed by atoms with E-state index in [9.17, 15) is 22.8 Å². The zero-order chi connectivity index (χ0) is 21.9. The molecule has 1 aliphatic heterocycles. The van der Waals surface area contributed by atoms with Gasteiger partial charge in [0.25, 0.3) is 11.8 Å². The van der Waals surface area contributed by atoms with E-state index in [1.165, 1.54) is 24.3 Å². The van der Waals surface area contributed by atoms with Gasteiger partial charge in [-0.2, -0.15) is 13.2 Å². The van der Waals surface area contributed by atoms with E-state index in [-0.39, 0.29) is 23.8 Å². The van der Waals surface area contributed by atoms with Gasteiger partial charge in [0.15, 0.2) is 6.61 Å². The molecule has 3 rings (SSSR count). The van der Waals surface area contributed by atoms with E-state index in [0.717, 1.165) is 12.1 Å². The number of halogens is 4. The maximum atomic E-state index is 12.9. The predicted molar refractivity (Wildman–Crippen MR) is 106 cm³/mol. The molecule has 0 unspecified atom stereocenters. The van der Waals surface area contributed by atoms with Crippen molar-refractivity contribution in [2.24, 2.45) is 5.73 Å². The number of hydrogen-bond donors (Lipinski definition) is 1. The van der Waals surface area contributed by atoms with Crippen LogP contribution < -0.4 is 15.4 Å². The number of hydrogen-bond acceptors (Lipinski definition) is 4. The third-order valence-corrected chi connectivity index (χ3v) is 4.96. The van der Waals surface area contributed by atoms with Crippen LogP contribution in [0.25, 0.3) is 0 Å². The molecule has 2 amide bonds. The molecule has 1 fully saturated rings. The minimum Gasteiger partial charge on any atom is -0.483 e. The van der Waals surface area contributed by atoms with Crippen LogP contribution >= 0.6 is 11.6 Å². The van der Waals surface area contributed by atoms with E-state index in [2.05, 4.69) is 0 Å². The zero-order valence-electron chi connectivity index (χ0n) is 15.8. The van der Waals surface area contributed by atoms with Crippen LogP contribution in [0.3, 0.4) is 0 Å². The van der Waals surface area contributed by atoms with Gasteiger partial charge in [0.1, 0.15) is 5.75 Å². The molecule has 0 aliphatic carbocycles. The molecule has 2 aromatic carbocycles. The topological polar surface area (TPSA) is 75.9 Å². The lowest BCUT2D eigenvalue weighted by atomic mass is 10.1. The first-order valence-corrected chi connectivity index (χ1v) is 9.45. The van der Waals surface area contributed by atoms with Gasteiger partial charge in [-0.05, 0) is 36.4 Å². The lowest BCUT2D eigenvalue weighted by Crippen LogP contribution is -2.50.